The van der Waals surface area contributed by atoms with Gasteiger partial charge in [0, 0.05) is 24.7 Å². The lowest BCUT2D eigenvalue weighted by atomic mass is 9.97. The van der Waals surface area contributed by atoms with Gasteiger partial charge < -0.3 is 5.32 Å². The van der Waals surface area contributed by atoms with Crippen LogP contribution < -0.4 is 5.32 Å². The van der Waals surface area contributed by atoms with Crippen LogP contribution in [0.25, 0.3) is 0 Å². The molecule has 0 aromatic carbocycles. The van der Waals surface area contributed by atoms with E-state index in [4.69, 9.17) is 0 Å². The minimum Gasteiger partial charge on any atom is -0.369 e. The maximum Gasteiger partial charge on any atom is 0.144 e. The van der Waals surface area contributed by atoms with E-state index in [0.717, 1.165) is 50.0 Å². The first kappa shape index (κ1) is 16.3. The van der Waals surface area contributed by atoms with Crippen LogP contribution in [-0.4, -0.2) is 39.5 Å². The van der Waals surface area contributed by atoms with Crippen LogP contribution in [-0.2, 0) is 13.0 Å². The molecule has 2 aromatic rings. The van der Waals surface area contributed by atoms with E-state index in [0.29, 0.717) is 0 Å². The van der Waals surface area contributed by atoms with Crippen LogP contribution in [0.15, 0.2) is 17.8 Å². The summed E-state index contributed by atoms with van der Waals surface area (Å²) in [7, 11) is 0. The number of aromatic nitrogens is 3. The van der Waals surface area contributed by atoms with Gasteiger partial charge in [0.2, 0.25) is 0 Å². The highest BCUT2D eigenvalue weighted by Gasteiger charge is 2.19. The van der Waals surface area contributed by atoms with Gasteiger partial charge >= 0.3 is 0 Å². The molecule has 0 spiro atoms. The standard InChI is InChI=1S/C17H25N5S/c1-3-17-21-15(12-23-17)11-22-6-4-14(5-7-22)9-19-16-10-18-8-13(2)20-16/h8,10,12,14H,3-7,9,11H2,1-2H3,(H,19,20). The van der Waals surface area contributed by atoms with Gasteiger partial charge in [-0.1, -0.05) is 6.92 Å². The summed E-state index contributed by atoms with van der Waals surface area (Å²) >= 11 is 1.78. The van der Waals surface area contributed by atoms with Gasteiger partial charge in [0.25, 0.3) is 0 Å². The Morgan fingerprint density at radius 3 is 2.78 bits per heavy atom. The van der Waals surface area contributed by atoms with Crippen LogP contribution >= 0.6 is 11.3 Å². The van der Waals surface area contributed by atoms with Crippen molar-refractivity contribution in [2.45, 2.75) is 39.7 Å². The molecule has 5 nitrogen and oxygen atoms in total. The lowest BCUT2D eigenvalue weighted by Gasteiger charge is -2.31. The number of piperidine rings is 1. The Labute approximate surface area is 142 Å². The van der Waals surface area contributed by atoms with E-state index in [-0.39, 0.29) is 0 Å². The van der Waals surface area contributed by atoms with Gasteiger partial charge in [-0.05, 0) is 45.2 Å². The Hall–Kier alpha value is -1.53. The number of thiazole rings is 1. The van der Waals surface area contributed by atoms with Crippen molar-refractivity contribution in [3.8, 4) is 0 Å². The predicted molar refractivity (Wildman–Crippen MR) is 94.8 cm³/mol. The summed E-state index contributed by atoms with van der Waals surface area (Å²) < 4.78 is 0. The first-order chi connectivity index (χ1) is 11.2. The maximum atomic E-state index is 4.68. The van der Waals surface area contributed by atoms with Crippen LogP contribution in [0.4, 0.5) is 5.82 Å². The number of likely N-dealkylation sites (tertiary alicyclic amines) is 1. The van der Waals surface area contributed by atoms with Crippen LogP contribution in [0.5, 0.6) is 0 Å². The average Bonchev–Trinajstić information content (AvgIpc) is 3.02. The lowest BCUT2D eigenvalue weighted by molar-refractivity contribution is 0.181. The SMILES string of the molecule is CCc1nc(CN2CCC(CNc3cncc(C)n3)CC2)cs1. The van der Waals surface area contributed by atoms with E-state index < -0.39 is 0 Å². The summed E-state index contributed by atoms with van der Waals surface area (Å²) in [4.78, 5) is 15.8. The molecule has 23 heavy (non-hydrogen) atoms. The van der Waals surface area contributed by atoms with Crippen molar-refractivity contribution in [2.75, 3.05) is 25.0 Å². The second kappa shape index (κ2) is 7.84. The molecule has 124 valence electrons. The number of aryl methyl sites for hydroxylation is 2. The molecule has 6 heteroatoms. The molecular weight excluding hydrogens is 306 g/mol. The smallest absolute Gasteiger partial charge is 0.144 e. The van der Waals surface area contributed by atoms with Gasteiger partial charge in [-0.3, -0.25) is 9.88 Å². The summed E-state index contributed by atoms with van der Waals surface area (Å²) in [5.41, 5.74) is 2.19. The molecule has 1 aliphatic heterocycles. The maximum absolute atomic E-state index is 4.68. The molecule has 0 unspecified atom stereocenters. The lowest BCUT2D eigenvalue weighted by Crippen LogP contribution is -2.35. The zero-order valence-electron chi connectivity index (χ0n) is 14.0. The number of nitrogens with one attached hydrogen (secondary N) is 1. The summed E-state index contributed by atoms with van der Waals surface area (Å²) in [5, 5.41) is 6.89. The van der Waals surface area contributed by atoms with Crippen LogP contribution in [0, 0.1) is 12.8 Å². The Bertz CT molecular complexity index is 619. The number of rotatable bonds is 6. The predicted octanol–water partition coefficient (Wildman–Crippen LogP) is 3.13. The minimum atomic E-state index is 0.718. The molecule has 1 aliphatic rings. The summed E-state index contributed by atoms with van der Waals surface area (Å²) in [6, 6.07) is 0. The Balaban J connectivity index is 1.41. The van der Waals surface area contributed by atoms with Gasteiger partial charge in [0.1, 0.15) is 5.82 Å². The second-order valence-electron chi connectivity index (χ2n) is 6.23. The molecule has 2 aromatic heterocycles. The van der Waals surface area contributed by atoms with Gasteiger partial charge in [-0.25, -0.2) is 9.97 Å². The normalized spacial score (nSPS) is 16.6. The van der Waals surface area contributed by atoms with E-state index in [1.54, 1.807) is 23.7 Å². The Morgan fingerprint density at radius 1 is 1.26 bits per heavy atom. The van der Waals surface area contributed by atoms with Crippen LogP contribution in [0.3, 0.4) is 0 Å². The van der Waals surface area contributed by atoms with Crippen LogP contribution in [0.1, 0.15) is 36.2 Å². The zero-order chi connectivity index (χ0) is 16.1. The van der Waals surface area contributed by atoms with E-state index in [9.17, 15) is 0 Å². The number of nitrogens with zero attached hydrogens (tertiary/aromatic N) is 4. The third-order valence-electron chi connectivity index (χ3n) is 4.32. The minimum absolute atomic E-state index is 0.718. The monoisotopic (exact) mass is 331 g/mol. The van der Waals surface area contributed by atoms with Crippen molar-refractivity contribution in [3.05, 3.63) is 34.2 Å². The van der Waals surface area contributed by atoms with Crippen molar-refractivity contribution < 1.29 is 0 Å². The van der Waals surface area contributed by atoms with Crippen molar-refractivity contribution in [3.63, 3.8) is 0 Å². The molecule has 0 saturated carbocycles. The second-order valence-corrected chi connectivity index (χ2v) is 7.17. The Kier molecular flexibility index (Phi) is 5.56. The fourth-order valence-corrected chi connectivity index (χ4v) is 3.70. The number of hydrogen-bond acceptors (Lipinski definition) is 6. The highest BCUT2D eigenvalue weighted by molar-refractivity contribution is 7.09. The highest BCUT2D eigenvalue weighted by Crippen LogP contribution is 2.20. The van der Waals surface area contributed by atoms with E-state index in [1.165, 1.54) is 23.5 Å². The van der Waals surface area contributed by atoms with Gasteiger partial charge in [0.15, 0.2) is 0 Å². The van der Waals surface area contributed by atoms with Crippen molar-refractivity contribution >= 4 is 17.2 Å². The summed E-state index contributed by atoms with van der Waals surface area (Å²) in [5.74, 6) is 1.61. The zero-order valence-corrected chi connectivity index (χ0v) is 14.8. The fourth-order valence-electron chi connectivity index (χ4n) is 2.96. The largest absolute Gasteiger partial charge is 0.369 e. The van der Waals surface area contributed by atoms with Gasteiger partial charge in [-0.2, -0.15) is 0 Å². The molecule has 3 rings (SSSR count). The fraction of sp³-hybridized carbons (Fsp3) is 0.588. The molecule has 0 bridgehead atoms. The summed E-state index contributed by atoms with van der Waals surface area (Å²) in [6.45, 7) is 8.44. The number of anilines is 1. The highest BCUT2D eigenvalue weighted by atomic mass is 32.1. The molecule has 1 saturated heterocycles. The quantitative estimate of drug-likeness (QED) is 0.881. The average molecular weight is 331 g/mol. The molecule has 0 radical (unpaired) electrons. The van der Waals surface area contributed by atoms with E-state index >= 15 is 0 Å². The third kappa shape index (κ3) is 4.72. The molecular formula is C17H25N5S. The molecule has 0 aliphatic carbocycles. The van der Waals surface area contributed by atoms with E-state index in [2.05, 4.69) is 37.5 Å². The van der Waals surface area contributed by atoms with Crippen molar-refractivity contribution in [2.24, 2.45) is 5.92 Å². The van der Waals surface area contributed by atoms with Gasteiger partial charge in [-0.15, -0.1) is 11.3 Å². The van der Waals surface area contributed by atoms with Crippen LogP contribution in [0.2, 0.25) is 0 Å². The number of hydrogen-bond donors (Lipinski definition) is 1. The molecule has 3 heterocycles. The van der Waals surface area contributed by atoms with Crippen molar-refractivity contribution in [1.82, 2.24) is 19.9 Å². The first-order valence-corrected chi connectivity index (χ1v) is 9.29. The summed E-state index contributed by atoms with van der Waals surface area (Å²) in [6.07, 6.45) is 7.09. The first-order valence-electron chi connectivity index (χ1n) is 8.41. The molecule has 1 fully saturated rings. The van der Waals surface area contributed by atoms with Gasteiger partial charge in [0.05, 0.1) is 22.6 Å². The molecule has 0 atom stereocenters. The van der Waals surface area contributed by atoms with E-state index in [1.807, 2.05) is 6.92 Å². The van der Waals surface area contributed by atoms with Crippen molar-refractivity contribution in [1.29, 1.82) is 0 Å². The molecule has 0 amide bonds. The molecule has 1 N–H and O–H groups in total. The third-order valence-corrected chi connectivity index (χ3v) is 5.36. The Morgan fingerprint density at radius 2 is 2.09 bits per heavy atom. The topological polar surface area (TPSA) is 53.9 Å².